The van der Waals surface area contributed by atoms with Gasteiger partial charge in [-0.2, -0.15) is 0 Å². The fourth-order valence-corrected chi connectivity index (χ4v) is 2.22. The van der Waals surface area contributed by atoms with Crippen LogP contribution in [0.3, 0.4) is 0 Å². The number of imidazole rings is 1. The van der Waals surface area contributed by atoms with E-state index in [2.05, 4.69) is 15.3 Å². The van der Waals surface area contributed by atoms with E-state index in [4.69, 9.17) is 4.74 Å². The highest BCUT2D eigenvalue weighted by molar-refractivity contribution is 5.70. The maximum atomic E-state index is 13.3. The minimum Gasteiger partial charge on any atom is -0.443 e. The van der Waals surface area contributed by atoms with Crippen molar-refractivity contribution >= 4 is 6.09 Å². The molecule has 2 aromatic rings. The topological polar surface area (TPSA) is 67.0 Å². The second kappa shape index (κ2) is 4.92. The predicted molar refractivity (Wildman–Crippen MR) is 64.8 cm³/mol. The lowest BCUT2D eigenvalue weighted by Crippen LogP contribution is -2.24. The molecule has 1 aliphatic heterocycles. The zero-order chi connectivity index (χ0) is 14.1. The van der Waals surface area contributed by atoms with Crippen molar-refractivity contribution in [1.29, 1.82) is 0 Å². The lowest BCUT2D eigenvalue weighted by atomic mass is 9.99. The van der Waals surface area contributed by atoms with E-state index in [1.54, 1.807) is 12.4 Å². The molecule has 1 aromatic carbocycles. The Morgan fingerprint density at radius 3 is 2.85 bits per heavy atom. The first-order valence-electron chi connectivity index (χ1n) is 6.04. The van der Waals surface area contributed by atoms with Gasteiger partial charge in [0.15, 0.2) is 11.6 Å². The second-order valence-electron chi connectivity index (χ2n) is 4.48. The highest BCUT2D eigenvalue weighted by Gasteiger charge is 2.36. The maximum Gasteiger partial charge on any atom is 0.408 e. The maximum absolute atomic E-state index is 13.3. The number of carbonyl (C=O) groups excluding carboxylic acids is 1. The molecule has 0 spiro atoms. The molecule has 2 N–H and O–H groups in total. The van der Waals surface area contributed by atoms with Crippen LogP contribution in [0.25, 0.3) is 0 Å². The third-order valence-corrected chi connectivity index (χ3v) is 3.16. The molecule has 0 radical (unpaired) electrons. The van der Waals surface area contributed by atoms with E-state index in [0.29, 0.717) is 17.8 Å². The number of amides is 1. The zero-order valence-corrected chi connectivity index (χ0v) is 10.3. The molecule has 0 unspecified atom stereocenters. The fourth-order valence-electron chi connectivity index (χ4n) is 2.22. The van der Waals surface area contributed by atoms with Gasteiger partial charge in [0.1, 0.15) is 11.9 Å². The van der Waals surface area contributed by atoms with Crippen molar-refractivity contribution in [1.82, 2.24) is 15.3 Å². The second-order valence-corrected chi connectivity index (χ2v) is 4.48. The largest absolute Gasteiger partial charge is 0.443 e. The molecular weight excluding hydrogens is 268 g/mol. The fraction of sp³-hybridized carbons (Fsp3) is 0.231. The first kappa shape index (κ1) is 12.6. The third-order valence-electron chi connectivity index (χ3n) is 3.16. The summed E-state index contributed by atoms with van der Waals surface area (Å²) < 4.78 is 31.4. The number of hydrogen-bond acceptors (Lipinski definition) is 3. The van der Waals surface area contributed by atoms with Gasteiger partial charge >= 0.3 is 6.09 Å². The Hall–Kier alpha value is -2.44. The molecule has 1 amide bonds. The SMILES string of the molecule is O=C1N[C@@H](c2ccc(F)c(F)c2)[C@@H](Cc2ncc[nH]2)O1. The van der Waals surface area contributed by atoms with Crippen LogP contribution in [-0.4, -0.2) is 22.2 Å². The van der Waals surface area contributed by atoms with Crippen LogP contribution < -0.4 is 5.32 Å². The molecule has 0 aliphatic carbocycles. The quantitative estimate of drug-likeness (QED) is 0.904. The molecule has 1 saturated heterocycles. The lowest BCUT2D eigenvalue weighted by Gasteiger charge is -2.16. The van der Waals surface area contributed by atoms with Gasteiger partial charge in [0.05, 0.1) is 6.04 Å². The molecule has 5 nitrogen and oxygen atoms in total. The van der Waals surface area contributed by atoms with Gasteiger partial charge in [0, 0.05) is 18.8 Å². The number of nitrogens with zero attached hydrogens (tertiary/aromatic N) is 1. The Bertz CT molecular complexity index is 631. The van der Waals surface area contributed by atoms with Crippen LogP contribution in [-0.2, 0) is 11.2 Å². The third kappa shape index (κ3) is 2.34. The van der Waals surface area contributed by atoms with Gasteiger partial charge in [0.25, 0.3) is 0 Å². The number of cyclic esters (lactones) is 1. The number of alkyl carbamates (subject to hydrolysis) is 1. The Morgan fingerprint density at radius 2 is 2.15 bits per heavy atom. The summed E-state index contributed by atoms with van der Waals surface area (Å²) in [6, 6.07) is 2.97. The molecule has 2 atom stereocenters. The van der Waals surface area contributed by atoms with Crippen molar-refractivity contribution in [2.45, 2.75) is 18.6 Å². The normalized spacial score (nSPS) is 21.6. The summed E-state index contributed by atoms with van der Waals surface area (Å²) in [5, 5.41) is 2.59. The molecule has 3 rings (SSSR count). The molecule has 104 valence electrons. The minimum atomic E-state index is -0.958. The summed E-state index contributed by atoms with van der Waals surface area (Å²) in [7, 11) is 0. The zero-order valence-electron chi connectivity index (χ0n) is 10.3. The Kier molecular flexibility index (Phi) is 3.09. The summed E-state index contributed by atoms with van der Waals surface area (Å²) in [5.74, 6) is -1.24. The van der Waals surface area contributed by atoms with E-state index in [-0.39, 0.29) is 0 Å². The Labute approximate surface area is 113 Å². The molecule has 0 saturated carbocycles. The summed E-state index contributed by atoms with van der Waals surface area (Å²) in [4.78, 5) is 18.3. The van der Waals surface area contributed by atoms with Gasteiger partial charge in [-0.25, -0.2) is 18.6 Å². The van der Waals surface area contributed by atoms with E-state index in [9.17, 15) is 13.6 Å². The lowest BCUT2D eigenvalue weighted by molar-refractivity contribution is 0.130. The monoisotopic (exact) mass is 279 g/mol. The first-order chi connectivity index (χ1) is 9.63. The average Bonchev–Trinajstić information content (AvgIpc) is 3.03. The van der Waals surface area contributed by atoms with Gasteiger partial charge in [-0.1, -0.05) is 6.07 Å². The predicted octanol–water partition coefficient (Wildman–Crippen LogP) is 2.08. The van der Waals surface area contributed by atoms with Gasteiger partial charge in [-0.15, -0.1) is 0 Å². The standard InChI is InChI=1S/C13H11F2N3O2/c14-8-2-1-7(5-9(8)15)12-10(20-13(19)18-12)6-11-16-3-4-17-11/h1-5,10,12H,6H2,(H,16,17)(H,18,19)/t10-,12+/m1/s1. The van der Waals surface area contributed by atoms with E-state index >= 15 is 0 Å². The highest BCUT2D eigenvalue weighted by Crippen LogP contribution is 2.27. The van der Waals surface area contributed by atoms with E-state index in [1.165, 1.54) is 6.07 Å². The van der Waals surface area contributed by atoms with Crippen LogP contribution in [0, 0.1) is 11.6 Å². The van der Waals surface area contributed by atoms with Gasteiger partial charge in [0.2, 0.25) is 0 Å². The summed E-state index contributed by atoms with van der Waals surface area (Å²) >= 11 is 0. The number of H-pyrrole nitrogens is 1. The average molecular weight is 279 g/mol. The van der Waals surface area contributed by atoms with Gasteiger partial charge in [-0.3, -0.25) is 0 Å². The van der Waals surface area contributed by atoms with E-state index in [0.717, 1.165) is 12.1 Å². The van der Waals surface area contributed by atoms with Crippen LogP contribution in [0.1, 0.15) is 17.4 Å². The van der Waals surface area contributed by atoms with Crippen molar-refractivity contribution in [2.24, 2.45) is 0 Å². The number of benzene rings is 1. The van der Waals surface area contributed by atoms with Crippen molar-refractivity contribution in [3.63, 3.8) is 0 Å². The van der Waals surface area contributed by atoms with Crippen molar-refractivity contribution in [3.05, 3.63) is 53.6 Å². The number of nitrogens with one attached hydrogen (secondary N) is 2. The number of hydrogen-bond donors (Lipinski definition) is 2. The van der Waals surface area contributed by atoms with E-state index in [1.807, 2.05) is 0 Å². The molecule has 1 fully saturated rings. The van der Waals surface area contributed by atoms with Gasteiger partial charge in [-0.05, 0) is 17.7 Å². The smallest absolute Gasteiger partial charge is 0.408 e. The number of aromatic nitrogens is 2. The number of rotatable bonds is 3. The summed E-state index contributed by atoms with van der Waals surface area (Å²) in [5.41, 5.74) is 0.450. The number of aromatic amines is 1. The van der Waals surface area contributed by atoms with Crippen molar-refractivity contribution in [2.75, 3.05) is 0 Å². The highest BCUT2D eigenvalue weighted by atomic mass is 19.2. The number of carbonyl (C=O) groups is 1. The van der Waals surface area contributed by atoms with Crippen molar-refractivity contribution in [3.8, 4) is 0 Å². The molecule has 1 aromatic heterocycles. The van der Waals surface area contributed by atoms with Gasteiger partial charge < -0.3 is 15.0 Å². The van der Waals surface area contributed by atoms with E-state index < -0.39 is 29.9 Å². The van der Waals surface area contributed by atoms with Crippen LogP contribution in [0.2, 0.25) is 0 Å². The number of halogens is 2. The summed E-state index contributed by atoms with van der Waals surface area (Å²) in [6.45, 7) is 0. The molecule has 0 bridgehead atoms. The van der Waals surface area contributed by atoms with Crippen LogP contribution >= 0.6 is 0 Å². The Morgan fingerprint density at radius 1 is 1.30 bits per heavy atom. The molecular formula is C13H11F2N3O2. The number of ether oxygens (including phenoxy) is 1. The molecule has 7 heteroatoms. The van der Waals surface area contributed by atoms with Crippen molar-refractivity contribution < 1.29 is 18.3 Å². The molecule has 1 aliphatic rings. The summed E-state index contributed by atoms with van der Waals surface area (Å²) in [6.07, 6.45) is 2.49. The van der Waals surface area contributed by atoms with Crippen LogP contribution in [0.15, 0.2) is 30.6 Å². The van der Waals surface area contributed by atoms with Crippen LogP contribution in [0.4, 0.5) is 13.6 Å². The van der Waals surface area contributed by atoms with Crippen LogP contribution in [0.5, 0.6) is 0 Å². The molecule has 2 heterocycles. The Balaban J connectivity index is 1.85. The minimum absolute atomic E-state index is 0.357. The first-order valence-corrected chi connectivity index (χ1v) is 6.04. The molecule has 20 heavy (non-hydrogen) atoms.